The summed E-state index contributed by atoms with van der Waals surface area (Å²) in [6, 6.07) is 1.50. The minimum absolute atomic E-state index is 0.0552. The van der Waals surface area contributed by atoms with Gasteiger partial charge in [-0.2, -0.15) is 5.10 Å². The van der Waals surface area contributed by atoms with Gasteiger partial charge in [0.15, 0.2) is 0 Å². The molecule has 1 aromatic heterocycles. The average Bonchev–Trinajstić information content (AvgIpc) is 2.85. The third-order valence-corrected chi connectivity index (χ3v) is 3.02. The number of hydrogen-bond acceptors (Lipinski definition) is 5. The minimum atomic E-state index is -0.150. The van der Waals surface area contributed by atoms with E-state index >= 15 is 0 Å². The number of amides is 2. The Morgan fingerprint density at radius 3 is 2.53 bits per heavy atom. The quantitative estimate of drug-likeness (QED) is 0.725. The van der Waals surface area contributed by atoms with E-state index < -0.39 is 0 Å². The van der Waals surface area contributed by atoms with Crippen LogP contribution in [0.3, 0.4) is 0 Å². The maximum absolute atomic E-state index is 12.1. The Morgan fingerprint density at radius 1 is 1.37 bits per heavy atom. The van der Waals surface area contributed by atoms with Crippen LogP contribution in [0.1, 0.15) is 10.5 Å². The molecule has 0 radical (unpaired) electrons. The van der Waals surface area contributed by atoms with Crippen LogP contribution in [0.5, 0.6) is 0 Å². The fraction of sp³-hybridized carbons (Fsp3) is 0.545. The summed E-state index contributed by atoms with van der Waals surface area (Å²) in [4.78, 5) is 27.1. The maximum Gasteiger partial charge on any atom is 0.272 e. The smallest absolute Gasteiger partial charge is 0.272 e. The van der Waals surface area contributed by atoms with E-state index in [2.05, 4.69) is 10.2 Å². The van der Waals surface area contributed by atoms with Gasteiger partial charge in [-0.05, 0) is 0 Å². The number of nitrogen functional groups attached to an aromatic ring is 1. The van der Waals surface area contributed by atoms with E-state index in [-0.39, 0.29) is 24.2 Å². The van der Waals surface area contributed by atoms with Crippen molar-refractivity contribution >= 4 is 17.6 Å². The number of methoxy groups -OCH3 is 1. The molecule has 2 amide bonds. The van der Waals surface area contributed by atoms with E-state index in [9.17, 15) is 9.59 Å². The number of nitrogens with one attached hydrogen (secondary N) is 1. The second kappa shape index (κ2) is 5.70. The molecule has 2 heterocycles. The summed E-state index contributed by atoms with van der Waals surface area (Å²) in [7, 11) is 1.49. The molecule has 1 aliphatic rings. The number of nitrogens with two attached hydrogens (primary N) is 1. The summed E-state index contributed by atoms with van der Waals surface area (Å²) in [6.45, 7) is 2.08. The van der Waals surface area contributed by atoms with Crippen LogP contribution >= 0.6 is 0 Å². The molecule has 1 aromatic rings. The number of carbonyl (C=O) groups excluding carboxylic acids is 2. The van der Waals surface area contributed by atoms with Gasteiger partial charge in [0.05, 0.1) is 0 Å². The van der Waals surface area contributed by atoms with Crippen LogP contribution < -0.4 is 5.73 Å². The number of nitrogens with zero attached hydrogens (tertiary/aromatic N) is 3. The topological polar surface area (TPSA) is 105 Å². The predicted octanol–water partition coefficient (Wildman–Crippen LogP) is -1.08. The second-order valence-corrected chi connectivity index (χ2v) is 4.31. The van der Waals surface area contributed by atoms with E-state index in [4.69, 9.17) is 10.5 Å². The highest BCUT2D eigenvalue weighted by molar-refractivity contribution is 5.93. The first-order valence-electron chi connectivity index (χ1n) is 5.98. The first kappa shape index (κ1) is 13.3. The lowest BCUT2D eigenvalue weighted by Crippen LogP contribution is -2.51. The highest BCUT2D eigenvalue weighted by atomic mass is 16.5. The standard InChI is InChI=1S/C11H17N5O3/c1-19-7-10(17)15-2-4-16(5-3-15)11(18)8-6-9(12)14-13-8/h6H,2-5,7H2,1H3,(H3,12,13,14). The SMILES string of the molecule is COCC(=O)N1CCN(C(=O)c2cc(N)n[nH]2)CC1. The fourth-order valence-corrected chi connectivity index (χ4v) is 1.99. The van der Waals surface area contributed by atoms with Crippen molar-refractivity contribution in [2.24, 2.45) is 0 Å². The minimum Gasteiger partial charge on any atom is -0.382 e. The molecule has 19 heavy (non-hydrogen) atoms. The van der Waals surface area contributed by atoms with Gasteiger partial charge in [0.1, 0.15) is 18.1 Å². The molecule has 104 valence electrons. The molecule has 0 spiro atoms. The summed E-state index contributed by atoms with van der Waals surface area (Å²) < 4.78 is 4.80. The summed E-state index contributed by atoms with van der Waals surface area (Å²) in [6.07, 6.45) is 0. The van der Waals surface area contributed by atoms with Crippen molar-refractivity contribution < 1.29 is 14.3 Å². The molecule has 0 bridgehead atoms. The number of hydrogen-bond donors (Lipinski definition) is 2. The first-order valence-corrected chi connectivity index (χ1v) is 5.98. The highest BCUT2D eigenvalue weighted by Crippen LogP contribution is 2.09. The molecule has 0 aromatic carbocycles. The molecule has 0 aliphatic carbocycles. The van der Waals surface area contributed by atoms with E-state index in [1.165, 1.54) is 13.2 Å². The lowest BCUT2D eigenvalue weighted by Gasteiger charge is -2.34. The van der Waals surface area contributed by atoms with E-state index in [1.807, 2.05) is 0 Å². The van der Waals surface area contributed by atoms with Gasteiger partial charge in [0.2, 0.25) is 5.91 Å². The van der Waals surface area contributed by atoms with Crippen LogP contribution in [-0.2, 0) is 9.53 Å². The second-order valence-electron chi connectivity index (χ2n) is 4.31. The Morgan fingerprint density at radius 2 is 2.00 bits per heavy atom. The molecular formula is C11H17N5O3. The van der Waals surface area contributed by atoms with Crippen molar-refractivity contribution in [1.29, 1.82) is 0 Å². The number of aromatic nitrogens is 2. The van der Waals surface area contributed by atoms with Crippen molar-refractivity contribution in [1.82, 2.24) is 20.0 Å². The van der Waals surface area contributed by atoms with Gasteiger partial charge in [-0.3, -0.25) is 14.7 Å². The molecule has 3 N–H and O–H groups in total. The molecule has 0 atom stereocenters. The molecule has 1 saturated heterocycles. The zero-order chi connectivity index (χ0) is 13.8. The van der Waals surface area contributed by atoms with Crippen molar-refractivity contribution in [2.75, 3.05) is 45.6 Å². The van der Waals surface area contributed by atoms with Gasteiger partial charge >= 0.3 is 0 Å². The largest absolute Gasteiger partial charge is 0.382 e. The maximum atomic E-state index is 12.1. The number of rotatable bonds is 3. The predicted molar refractivity (Wildman–Crippen MR) is 67.4 cm³/mol. The van der Waals surface area contributed by atoms with E-state index in [0.717, 1.165) is 0 Å². The fourth-order valence-electron chi connectivity index (χ4n) is 1.99. The van der Waals surface area contributed by atoms with Crippen LogP contribution in [0.2, 0.25) is 0 Å². The summed E-state index contributed by atoms with van der Waals surface area (Å²) in [5.74, 6) is 0.0840. The third kappa shape index (κ3) is 3.02. The van der Waals surface area contributed by atoms with Crippen LogP contribution in [0.25, 0.3) is 0 Å². The number of ether oxygens (including phenoxy) is 1. The Bertz CT molecular complexity index is 465. The van der Waals surface area contributed by atoms with Crippen LogP contribution in [-0.4, -0.2) is 71.7 Å². The van der Waals surface area contributed by atoms with E-state index in [1.54, 1.807) is 9.80 Å². The van der Waals surface area contributed by atoms with Crippen molar-refractivity contribution in [2.45, 2.75) is 0 Å². The monoisotopic (exact) mass is 267 g/mol. The molecule has 8 heteroatoms. The Kier molecular flexibility index (Phi) is 4.00. The van der Waals surface area contributed by atoms with Gasteiger partial charge in [-0.25, -0.2) is 0 Å². The first-order chi connectivity index (χ1) is 9.11. The molecule has 0 saturated carbocycles. The highest BCUT2D eigenvalue weighted by Gasteiger charge is 2.25. The van der Waals surface area contributed by atoms with Crippen LogP contribution in [0, 0.1) is 0 Å². The normalized spacial score (nSPS) is 15.6. The average molecular weight is 267 g/mol. The number of H-pyrrole nitrogens is 1. The molecule has 2 rings (SSSR count). The lowest BCUT2D eigenvalue weighted by molar-refractivity contribution is -0.136. The van der Waals surface area contributed by atoms with E-state index in [0.29, 0.717) is 31.9 Å². The number of carbonyl (C=O) groups is 2. The number of piperazine rings is 1. The van der Waals surface area contributed by atoms with Crippen molar-refractivity contribution in [3.63, 3.8) is 0 Å². The Balaban J connectivity index is 1.89. The molecule has 8 nitrogen and oxygen atoms in total. The third-order valence-electron chi connectivity index (χ3n) is 3.02. The molecular weight excluding hydrogens is 250 g/mol. The Labute approximate surface area is 110 Å². The zero-order valence-corrected chi connectivity index (χ0v) is 10.8. The van der Waals surface area contributed by atoms with Gasteiger partial charge in [0.25, 0.3) is 5.91 Å². The van der Waals surface area contributed by atoms with Gasteiger partial charge in [0, 0.05) is 39.4 Å². The van der Waals surface area contributed by atoms with Crippen molar-refractivity contribution in [3.8, 4) is 0 Å². The van der Waals surface area contributed by atoms with Crippen LogP contribution in [0.15, 0.2) is 6.07 Å². The number of aromatic amines is 1. The Hall–Kier alpha value is -2.09. The lowest BCUT2D eigenvalue weighted by atomic mass is 10.2. The molecule has 1 fully saturated rings. The summed E-state index contributed by atoms with van der Waals surface area (Å²) in [5.41, 5.74) is 5.83. The van der Waals surface area contributed by atoms with Crippen molar-refractivity contribution in [3.05, 3.63) is 11.8 Å². The molecule has 0 unspecified atom stereocenters. The summed E-state index contributed by atoms with van der Waals surface area (Å²) >= 11 is 0. The van der Waals surface area contributed by atoms with Gasteiger partial charge in [-0.15, -0.1) is 0 Å². The zero-order valence-electron chi connectivity index (χ0n) is 10.8. The van der Waals surface area contributed by atoms with Gasteiger partial charge in [-0.1, -0.05) is 0 Å². The van der Waals surface area contributed by atoms with Gasteiger partial charge < -0.3 is 20.3 Å². The summed E-state index contributed by atoms with van der Waals surface area (Å²) in [5, 5.41) is 6.31. The van der Waals surface area contributed by atoms with Crippen LogP contribution in [0.4, 0.5) is 5.82 Å². The molecule has 1 aliphatic heterocycles. The number of anilines is 1.